The van der Waals surface area contributed by atoms with Crippen LogP contribution >= 0.6 is 0 Å². The van der Waals surface area contributed by atoms with Gasteiger partial charge in [0.1, 0.15) is 0 Å². The molecule has 0 amide bonds. The van der Waals surface area contributed by atoms with Gasteiger partial charge < -0.3 is 11.5 Å². The van der Waals surface area contributed by atoms with E-state index in [0.717, 1.165) is 24.9 Å². The van der Waals surface area contributed by atoms with Crippen LogP contribution in [-0.4, -0.2) is 6.04 Å². The maximum absolute atomic E-state index is 6.57. The van der Waals surface area contributed by atoms with Gasteiger partial charge in [-0.05, 0) is 66.5 Å². The van der Waals surface area contributed by atoms with Crippen LogP contribution in [0.5, 0.6) is 0 Å². The minimum atomic E-state index is 0.160. The molecule has 0 aliphatic rings. The monoisotopic (exact) mass is 332 g/mol. The fraction of sp³-hybridized carbons (Fsp3) is 0.727. The van der Waals surface area contributed by atoms with Crippen molar-refractivity contribution < 1.29 is 0 Å². The van der Waals surface area contributed by atoms with Crippen LogP contribution in [0.3, 0.4) is 0 Å². The van der Waals surface area contributed by atoms with Crippen molar-refractivity contribution in [1.29, 1.82) is 0 Å². The lowest BCUT2D eigenvalue weighted by Crippen LogP contribution is -2.21. The average Bonchev–Trinajstić information content (AvgIpc) is 2.52. The zero-order valence-corrected chi connectivity index (χ0v) is 17.1. The molecule has 0 saturated carbocycles. The van der Waals surface area contributed by atoms with E-state index < -0.39 is 0 Å². The van der Waals surface area contributed by atoms with Crippen LogP contribution in [0, 0.1) is 0 Å². The number of nitrogens with two attached hydrogens (primary N) is 2. The molecule has 1 aromatic carbocycles. The molecule has 0 bridgehead atoms. The fourth-order valence-corrected chi connectivity index (χ4v) is 3.36. The highest BCUT2D eigenvalue weighted by Gasteiger charge is 2.25. The predicted molar refractivity (Wildman–Crippen MR) is 109 cm³/mol. The zero-order chi connectivity index (χ0) is 18.5. The summed E-state index contributed by atoms with van der Waals surface area (Å²) in [4.78, 5) is 0. The van der Waals surface area contributed by atoms with E-state index in [1.807, 2.05) is 0 Å². The molecule has 2 heteroatoms. The van der Waals surface area contributed by atoms with E-state index in [1.165, 1.54) is 29.5 Å². The molecule has 0 aromatic heterocycles. The van der Waals surface area contributed by atoms with Gasteiger partial charge in [-0.3, -0.25) is 0 Å². The van der Waals surface area contributed by atoms with Crippen molar-refractivity contribution in [2.75, 3.05) is 5.73 Å². The highest BCUT2D eigenvalue weighted by Crippen LogP contribution is 2.39. The number of hydrogen-bond acceptors (Lipinski definition) is 2. The van der Waals surface area contributed by atoms with Crippen molar-refractivity contribution in [2.45, 2.75) is 104 Å². The molecule has 3 atom stereocenters. The Balaban J connectivity index is 3.26. The summed E-state index contributed by atoms with van der Waals surface area (Å²) in [5.74, 6) is 1.01. The molecule has 4 N–H and O–H groups in total. The molecule has 0 spiro atoms. The molecule has 0 saturated heterocycles. The molecule has 1 rings (SSSR count). The first-order valence-corrected chi connectivity index (χ1v) is 9.83. The first-order valence-electron chi connectivity index (χ1n) is 9.83. The number of benzene rings is 1. The van der Waals surface area contributed by atoms with Gasteiger partial charge >= 0.3 is 0 Å². The van der Waals surface area contributed by atoms with Crippen molar-refractivity contribution in [2.24, 2.45) is 5.73 Å². The van der Waals surface area contributed by atoms with Crippen LogP contribution in [-0.2, 0) is 5.41 Å². The van der Waals surface area contributed by atoms with Gasteiger partial charge in [0.2, 0.25) is 0 Å². The summed E-state index contributed by atoms with van der Waals surface area (Å²) in [5, 5.41) is 0. The number of hydrogen-bond donors (Lipinski definition) is 2. The maximum Gasteiger partial charge on any atom is 0.0384 e. The number of nitrogen functional groups attached to an aromatic ring is 1. The summed E-state index contributed by atoms with van der Waals surface area (Å²) in [7, 11) is 0. The van der Waals surface area contributed by atoms with Gasteiger partial charge in [0.05, 0.1) is 0 Å². The minimum absolute atomic E-state index is 0.160. The van der Waals surface area contributed by atoms with E-state index in [1.54, 1.807) is 0 Å². The molecule has 1 aromatic rings. The Morgan fingerprint density at radius 2 is 1.42 bits per heavy atom. The Hall–Kier alpha value is -1.02. The first kappa shape index (κ1) is 21.0. The maximum atomic E-state index is 6.57. The molecule has 2 nitrogen and oxygen atoms in total. The summed E-state index contributed by atoms with van der Waals surface area (Å²) in [6.07, 6.45) is 5.68. The molecule has 24 heavy (non-hydrogen) atoms. The highest BCUT2D eigenvalue weighted by atomic mass is 14.6. The predicted octanol–water partition coefficient (Wildman–Crippen LogP) is 6.09. The molecule has 0 aliphatic heterocycles. The van der Waals surface area contributed by atoms with Crippen molar-refractivity contribution in [3.63, 3.8) is 0 Å². The Kier molecular flexibility index (Phi) is 7.79. The summed E-state index contributed by atoms with van der Waals surface area (Å²) in [5.41, 5.74) is 17.8. The average molecular weight is 333 g/mol. The van der Waals surface area contributed by atoms with Crippen LogP contribution in [0.1, 0.15) is 109 Å². The highest BCUT2D eigenvalue weighted by molar-refractivity contribution is 5.59. The second-order valence-corrected chi connectivity index (χ2v) is 8.44. The smallest absolute Gasteiger partial charge is 0.0384 e. The quantitative estimate of drug-likeness (QED) is 0.537. The van der Waals surface area contributed by atoms with E-state index in [4.69, 9.17) is 11.5 Å². The van der Waals surface area contributed by atoms with Gasteiger partial charge in [0, 0.05) is 11.7 Å². The lowest BCUT2D eigenvalue weighted by Gasteiger charge is -2.30. The lowest BCUT2D eigenvalue weighted by atomic mass is 9.76. The van der Waals surface area contributed by atoms with Crippen LogP contribution in [0.4, 0.5) is 5.69 Å². The summed E-state index contributed by atoms with van der Waals surface area (Å²) < 4.78 is 0. The molecule has 0 aliphatic carbocycles. The molecular weight excluding hydrogens is 292 g/mol. The van der Waals surface area contributed by atoms with E-state index in [-0.39, 0.29) is 5.41 Å². The van der Waals surface area contributed by atoms with E-state index in [9.17, 15) is 0 Å². The SMILES string of the molecule is CCC(C)c1cc(C(C)(C)CCCC(C)N)cc(C(C)CC)c1N. The van der Waals surface area contributed by atoms with Crippen molar-refractivity contribution in [3.8, 4) is 0 Å². The van der Waals surface area contributed by atoms with E-state index in [0.29, 0.717) is 17.9 Å². The normalized spacial score (nSPS) is 16.0. The van der Waals surface area contributed by atoms with Crippen LogP contribution in [0.2, 0.25) is 0 Å². The van der Waals surface area contributed by atoms with Crippen molar-refractivity contribution in [3.05, 3.63) is 28.8 Å². The molecule has 0 radical (unpaired) electrons. The first-order chi connectivity index (χ1) is 11.1. The summed E-state index contributed by atoms with van der Waals surface area (Å²) >= 11 is 0. The Morgan fingerprint density at radius 3 is 1.79 bits per heavy atom. The fourth-order valence-electron chi connectivity index (χ4n) is 3.36. The topological polar surface area (TPSA) is 52.0 Å². The third-order valence-electron chi connectivity index (χ3n) is 5.77. The van der Waals surface area contributed by atoms with Gasteiger partial charge in [-0.25, -0.2) is 0 Å². The second-order valence-electron chi connectivity index (χ2n) is 8.44. The Bertz CT molecular complexity index is 486. The summed E-state index contributed by atoms with van der Waals surface area (Å²) in [6, 6.07) is 5.04. The van der Waals surface area contributed by atoms with Gasteiger partial charge in [0.15, 0.2) is 0 Å². The van der Waals surface area contributed by atoms with Crippen molar-refractivity contribution >= 4 is 5.69 Å². The van der Waals surface area contributed by atoms with Gasteiger partial charge in [-0.2, -0.15) is 0 Å². The molecule has 0 fully saturated rings. The Morgan fingerprint density at radius 1 is 0.958 bits per heavy atom. The number of rotatable bonds is 9. The Labute approximate surface area is 150 Å². The standard InChI is InChI=1S/C22H40N2/c1-8-15(3)19-13-18(14-20(21(19)24)16(4)9-2)22(6,7)12-10-11-17(5)23/h13-17H,8-12,23-24H2,1-7H3. The zero-order valence-electron chi connectivity index (χ0n) is 17.1. The van der Waals surface area contributed by atoms with Crippen LogP contribution < -0.4 is 11.5 Å². The molecule has 3 unspecified atom stereocenters. The lowest BCUT2D eigenvalue weighted by molar-refractivity contribution is 0.438. The van der Waals surface area contributed by atoms with Crippen molar-refractivity contribution in [1.82, 2.24) is 0 Å². The third kappa shape index (κ3) is 5.24. The molecule has 0 heterocycles. The van der Waals surface area contributed by atoms with E-state index in [2.05, 4.69) is 60.6 Å². The third-order valence-corrected chi connectivity index (χ3v) is 5.77. The molecule has 138 valence electrons. The molecular formula is C22H40N2. The number of anilines is 1. The largest absolute Gasteiger partial charge is 0.398 e. The minimum Gasteiger partial charge on any atom is -0.398 e. The van der Waals surface area contributed by atoms with Crippen LogP contribution in [0.25, 0.3) is 0 Å². The summed E-state index contributed by atoms with van der Waals surface area (Å²) in [6.45, 7) is 15.9. The second kappa shape index (κ2) is 8.89. The van der Waals surface area contributed by atoms with Crippen LogP contribution in [0.15, 0.2) is 12.1 Å². The van der Waals surface area contributed by atoms with Gasteiger partial charge in [0.25, 0.3) is 0 Å². The van der Waals surface area contributed by atoms with Gasteiger partial charge in [-0.15, -0.1) is 0 Å². The van der Waals surface area contributed by atoms with Gasteiger partial charge in [-0.1, -0.05) is 60.1 Å². The van der Waals surface area contributed by atoms with E-state index >= 15 is 0 Å².